The summed E-state index contributed by atoms with van der Waals surface area (Å²) in [5.74, 6) is 1.72. The molecule has 0 aliphatic rings. The topological polar surface area (TPSA) is 82.2 Å². The monoisotopic (exact) mass is 420 g/mol. The molecule has 8 heteroatoms. The van der Waals surface area contributed by atoms with Gasteiger partial charge in [0, 0.05) is 17.4 Å². The zero-order chi connectivity index (χ0) is 20.9. The summed E-state index contributed by atoms with van der Waals surface area (Å²) in [5, 5.41) is 11.7. The summed E-state index contributed by atoms with van der Waals surface area (Å²) in [6.07, 6.45) is 1.59. The minimum Gasteiger partial charge on any atom is -0.497 e. The number of hydrogen-bond acceptors (Lipinski definition) is 6. The van der Waals surface area contributed by atoms with Crippen LogP contribution in [0.4, 0.5) is 5.69 Å². The molecule has 0 radical (unpaired) electrons. The third-order valence-corrected chi connectivity index (χ3v) is 5.42. The third-order valence-electron chi connectivity index (χ3n) is 4.38. The lowest BCUT2D eigenvalue weighted by Crippen LogP contribution is -2.22. The molecule has 0 aliphatic carbocycles. The van der Waals surface area contributed by atoms with Gasteiger partial charge in [0.1, 0.15) is 5.75 Å². The molecule has 1 atom stereocenters. The van der Waals surface area contributed by atoms with Gasteiger partial charge in [0.05, 0.1) is 18.6 Å². The van der Waals surface area contributed by atoms with Gasteiger partial charge >= 0.3 is 0 Å². The lowest BCUT2D eigenvalue weighted by atomic mass is 10.3. The van der Waals surface area contributed by atoms with Crippen LogP contribution in [-0.4, -0.2) is 33.0 Å². The van der Waals surface area contributed by atoms with E-state index in [2.05, 4.69) is 15.5 Å². The standard InChI is InChI=1S/C22H20N4O3S/c1-15(21(27)23-16-8-6-11-18(14-16)28-2)30-22-25-24-20(19-12-7-13-29-19)26(22)17-9-4-3-5-10-17/h3-15H,1-2H3,(H,23,27). The summed E-state index contributed by atoms with van der Waals surface area (Å²) in [5.41, 5.74) is 1.56. The molecule has 4 rings (SSSR count). The van der Waals surface area contributed by atoms with Gasteiger partial charge in [0.15, 0.2) is 10.9 Å². The molecule has 0 bridgehead atoms. The second-order valence-corrected chi connectivity index (χ2v) is 7.74. The predicted octanol–water partition coefficient (Wildman–Crippen LogP) is 4.66. The SMILES string of the molecule is COc1cccc(NC(=O)C(C)Sc2nnc(-c3ccco3)n2-c2ccccc2)c1. The van der Waals surface area contributed by atoms with Crippen LogP contribution >= 0.6 is 11.8 Å². The number of nitrogens with one attached hydrogen (secondary N) is 1. The summed E-state index contributed by atoms with van der Waals surface area (Å²) in [6.45, 7) is 1.83. The van der Waals surface area contributed by atoms with Crippen molar-refractivity contribution in [3.05, 3.63) is 73.0 Å². The highest BCUT2D eigenvalue weighted by atomic mass is 32.2. The first kappa shape index (κ1) is 19.8. The first-order valence-corrected chi connectivity index (χ1v) is 10.2. The van der Waals surface area contributed by atoms with E-state index in [1.54, 1.807) is 25.5 Å². The Morgan fingerprint density at radius 2 is 1.93 bits per heavy atom. The molecule has 0 saturated carbocycles. The van der Waals surface area contributed by atoms with Gasteiger partial charge in [-0.2, -0.15) is 0 Å². The largest absolute Gasteiger partial charge is 0.497 e. The van der Waals surface area contributed by atoms with E-state index in [9.17, 15) is 4.79 Å². The normalized spacial score (nSPS) is 11.8. The zero-order valence-corrected chi connectivity index (χ0v) is 17.3. The maximum absolute atomic E-state index is 12.8. The van der Waals surface area contributed by atoms with Crippen LogP contribution in [0, 0.1) is 0 Å². The fraction of sp³-hybridized carbons (Fsp3) is 0.136. The molecule has 0 saturated heterocycles. The molecule has 0 aliphatic heterocycles. The van der Waals surface area contributed by atoms with Crippen LogP contribution in [0.3, 0.4) is 0 Å². The Morgan fingerprint density at radius 3 is 2.67 bits per heavy atom. The smallest absolute Gasteiger partial charge is 0.237 e. The molecule has 1 amide bonds. The van der Waals surface area contributed by atoms with Crippen molar-refractivity contribution in [3.63, 3.8) is 0 Å². The van der Waals surface area contributed by atoms with Gasteiger partial charge in [-0.15, -0.1) is 10.2 Å². The highest BCUT2D eigenvalue weighted by Gasteiger charge is 2.23. The van der Waals surface area contributed by atoms with Crippen LogP contribution in [0.1, 0.15) is 6.92 Å². The summed E-state index contributed by atoms with van der Waals surface area (Å²) in [7, 11) is 1.59. The van der Waals surface area contributed by atoms with Crippen molar-refractivity contribution in [1.82, 2.24) is 14.8 Å². The van der Waals surface area contributed by atoms with Crippen LogP contribution in [-0.2, 0) is 4.79 Å². The Morgan fingerprint density at radius 1 is 1.10 bits per heavy atom. The maximum Gasteiger partial charge on any atom is 0.237 e. The van der Waals surface area contributed by atoms with Crippen LogP contribution < -0.4 is 10.1 Å². The summed E-state index contributed by atoms with van der Waals surface area (Å²) in [4.78, 5) is 12.8. The molecule has 30 heavy (non-hydrogen) atoms. The van der Waals surface area contributed by atoms with Crippen LogP contribution in [0.2, 0.25) is 0 Å². The zero-order valence-electron chi connectivity index (χ0n) is 16.5. The number of hydrogen-bond donors (Lipinski definition) is 1. The van der Waals surface area contributed by atoms with Crippen LogP contribution in [0.25, 0.3) is 17.3 Å². The van der Waals surface area contributed by atoms with Crippen molar-refractivity contribution in [2.24, 2.45) is 0 Å². The number of carbonyl (C=O) groups is 1. The van der Waals surface area contributed by atoms with Gasteiger partial charge in [-0.1, -0.05) is 36.0 Å². The molecule has 0 spiro atoms. The minimum atomic E-state index is -0.410. The van der Waals surface area contributed by atoms with Crippen molar-refractivity contribution >= 4 is 23.4 Å². The predicted molar refractivity (Wildman–Crippen MR) is 116 cm³/mol. The number of amides is 1. The van der Waals surface area contributed by atoms with E-state index in [-0.39, 0.29) is 5.91 Å². The Hall–Kier alpha value is -3.52. The lowest BCUT2D eigenvalue weighted by molar-refractivity contribution is -0.115. The molecule has 1 unspecified atom stereocenters. The van der Waals surface area contributed by atoms with Crippen molar-refractivity contribution in [2.45, 2.75) is 17.3 Å². The molecule has 1 N–H and O–H groups in total. The van der Waals surface area contributed by atoms with Gasteiger partial charge in [-0.3, -0.25) is 9.36 Å². The van der Waals surface area contributed by atoms with Gasteiger partial charge < -0.3 is 14.5 Å². The Kier molecular flexibility index (Phi) is 5.85. The van der Waals surface area contributed by atoms with Gasteiger partial charge in [0.25, 0.3) is 0 Å². The maximum atomic E-state index is 12.8. The number of rotatable bonds is 7. The first-order valence-electron chi connectivity index (χ1n) is 9.32. The Balaban J connectivity index is 1.59. The van der Waals surface area contributed by atoms with Crippen LogP contribution in [0.15, 0.2) is 82.6 Å². The number of aromatic nitrogens is 3. The number of ether oxygens (including phenoxy) is 1. The van der Waals surface area contributed by atoms with E-state index in [1.165, 1.54) is 11.8 Å². The van der Waals surface area contributed by atoms with Gasteiger partial charge in [-0.05, 0) is 43.3 Å². The molecule has 2 aromatic carbocycles. The fourth-order valence-electron chi connectivity index (χ4n) is 2.88. The van der Waals surface area contributed by atoms with E-state index >= 15 is 0 Å². The number of nitrogens with zero attached hydrogens (tertiary/aromatic N) is 3. The van der Waals surface area contributed by atoms with E-state index in [0.717, 1.165) is 5.69 Å². The second kappa shape index (κ2) is 8.87. The number of benzene rings is 2. The molecule has 0 fully saturated rings. The number of para-hydroxylation sites is 1. The van der Waals surface area contributed by atoms with E-state index in [0.29, 0.717) is 28.2 Å². The van der Waals surface area contributed by atoms with Crippen molar-refractivity contribution in [2.75, 3.05) is 12.4 Å². The summed E-state index contributed by atoms with van der Waals surface area (Å²) in [6, 6.07) is 20.6. The second-order valence-electron chi connectivity index (χ2n) is 6.44. The molecule has 7 nitrogen and oxygen atoms in total. The fourth-order valence-corrected chi connectivity index (χ4v) is 3.75. The molecule has 2 aromatic heterocycles. The lowest BCUT2D eigenvalue weighted by Gasteiger charge is -2.14. The summed E-state index contributed by atoms with van der Waals surface area (Å²) < 4.78 is 12.6. The van der Waals surface area contributed by atoms with Crippen molar-refractivity contribution in [1.29, 1.82) is 0 Å². The number of thioether (sulfide) groups is 1. The number of anilines is 1. The third kappa shape index (κ3) is 4.23. The highest BCUT2D eigenvalue weighted by Crippen LogP contribution is 2.30. The van der Waals surface area contributed by atoms with Gasteiger partial charge in [-0.25, -0.2) is 0 Å². The van der Waals surface area contributed by atoms with E-state index < -0.39 is 5.25 Å². The quantitative estimate of drug-likeness (QED) is 0.438. The molecule has 152 valence electrons. The average molecular weight is 420 g/mol. The molecular formula is C22H20N4O3S. The number of carbonyl (C=O) groups excluding carboxylic acids is 1. The average Bonchev–Trinajstić information content (AvgIpc) is 3.44. The summed E-state index contributed by atoms with van der Waals surface area (Å²) >= 11 is 1.32. The van der Waals surface area contributed by atoms with E-state index in [1.807, 2.05) is 66.1 Å². The number of furan rings is 1. The van der Waals surface area contributed by atoms with E-state index in [4.69, 9.17) is 9.15 Å². The van der Waals surface area contributed by atoms with Crippen LogP contribution in [0.5, 0.6) is 5.75 Å². The first-order chi connectivity index (χ1) is 14.7. The number of methoxy groups -OCH3 is 1. The highest BCUT2D eigenvalue weighted by molar-refractivity contribution is 8.00. The van der Waals surface area contributed by atoms with Crippen molar-refractivity contribution < 1.29 is 13.9 Å². The minimum absolute atomic E-state index is 0.143. The molecular weight excluding hydrogens is 400 g/mol. The molecule has 2 heterocycles. The van der Waals surface area contributed by atoms with Gasteiger partial charge in [0.2, 0.25) is 11.7 Å². The Bertz CT molecular complexity index is 1130. The molecule has 4 aromatic rings. The Labute approximate surface area is 178 Å². The van der Waals surface area contributed by atoms with Crippen molar-refractivity contribution in [3.8, 4) is 23.0 Å².